The van der Waals surface area contributed by atoms with Crippen LogP contribution in [-0.2, 0) is 11.3 Å². The van der Waals surface area contributed by atoms with E-state index in [4.69, 9.17) is 0 Å². The predicted octanol–water partition coefficient (Wildman–Crippen LogP) is 2.26. The van der Waals surface area contributed by atoms with Crippen molar-refractivity contribution in [2.75, 3.05) is 24.3 Å². The molecule has 1 aromatic carbocycles. The second-order valence-corrected chi connectivity index (χ2v) is 6.73. The summed E-state index contributed by atoms with van der Waals surface area (Å²) in [6.07, 6.45) is 0.180. The van der Waals surface area contributed by atoms with Crippen molar-refractivity contribution >= 4 is 39.2 Å². The maximum atomic E-state index is 12.7. The van der Waals surface area contributed by atoms with Gasteiger partial charge in [0, 0.05) is 32.4 Å². The summed E-state index contributed by atoms with van der Waals surface area (Å²) < 4.78 is 1.60. The average molecular weight is 357 g/mol. The van der Waals surface area contributed by atoms with E-state index in [1.807, 2.05) is 36.6 Å². The lowest BCUT2D eigenvalue weighted by atomic mass is 10.2. The van der Waals surface area contributed by atoms with Gasteiger partial charge < -0.3 is 14.8 Å². The first-order valence-corrected chi connectivity index (χ1v) is 8.72. The van der Waals surface area contributed by atoms with Gasteiger partial charge in [-0.2, -0.15) is 0 Å². The standard InChI is InChI=1S/C17H19N5O2S/c1-11-10-25-17(18-11)20-14(23)8-9-22-13-7-5-4-6-12(13)19-15(16(22)24)21(2)3/h4-7,10H,8-9H2,1-3H3,(H,18,20,23). The van der Waals surface area contributed by atoms with Gasteiger partial charge in [-0.05, 0) is 19.1 Å². The fraction of sp³-hybridized carbons (Fsp3) is 0.294. The number of anilines is 2. The third-order valence-corrected chi connectivity index (χ3v) is 4.56. The number of hydrogen-bond acceptors (Lipinski definition) is 6. The number of amides is 1. The highest BCUT2D eigenvalue weighted by Gasteiger charge is 2.14. The molecular formula is C17H19N5O2S. The number of para-hydroxylation sites is 2. The quantitative estimate of drug-likeness (QED) is 0.758. The highest BCUT2D eigenvalue weighted by Crippen LogP contribution is 2.16. The molecule has 2 heterocycles. The summed E-state index contributed by atoms with van der Waals surface area (Å²) in [4.78, 5) is 35.2. The Morgan fingerprint density at radius 3 is 2.72 bits per heavy atom. The van der Waals surface area contributed by atoms with Crippen LogP contribution in [0, 0.1) is 6.92 Å². The zero-order valence-electron chi connectivity index (χ0n) is 14.3. The lowest BCUT2D eigenvalue weighted by molar-refractivity contribution is -0.116. The van der Waals surface area contributed by atoms with Gasteiger partial charge in [-0.25, -0.2) is 9.97 Å². The van der Waals surface area contributed by atoms with Crippen molar-refractivity contribution in [1.82, 2.24) is 14.5 Å². The molecule has 25 heavy (non-hydrogen) atoms. The number of fused-ring (bicyclic) bond motifs is 1. The third kappa shape index (κ3) is 3.69. The van der Waals surface area contributed by atoms with Gasteiger partial charge in [-0.15, -0.1) is 11.3 Å². The molecule has 3 rings (SSSR count). The first kappa shape index (κ1) is 17.1. The van der Waals surface area contributed by atoms with E-state index in [1.54, 1.807) is 23.6 Å². The van der Waals surface area contributed by atoms with E-state index < -0.39 is 0 Å². The van der Waals surface area contributed by atoms with Crippen molar-refractivity contribution in [3.63, 3.8) is 0 Å². The molecular weight excluding hydrogens is 338 g/mol. The highest BCUT2D eigenvalue weighted by atomic mass is 32.1. The molecule has 0 atom stereocenters. The van der Waals surface area contributed by atoms with Crippen LogP contribution in [0.2, 0.25) is 0 Å². The van der Waals surface area contributed by atoms with Crippen LogP contribution in [0.4, 0.5) is 10.9 Å². The molecule has 0 bridgehead atoms. The Morgan fingerprint density at radius 1 is 1.28 bits per heavy atom. The van der Waals surface area contributed by atoms with Gasteiger partial charge in [0.15, 0.2) is 10.9 Å². The molecule has 0 radical (unpaired) electrons. The number of thiazole rings is 1. The first-order chi connectivity index (χ1) is 12.0. The number of aryl methyl sites for hydroxylation is 2. The van der Waals surface area contributed by atoms with E-state index in [-0.39, 0.29) is 24.4 Å². The summed E-state index contributed by atoms with van der Waals surface area (Å²) in [5.74, 6) is 0.184. The van der Waals surface area contributed by atoms with Gasteiger partial charge in [-0.3, -0.25) is 9.59 Å². The third-order valence-electron chi connectivity index (χ3n) is 3.69. The molecule has 7 nitrogen and oxygen atoms in total. The van der Waals surface area contributed by atoms with Gasteiger partial charge in [0.1, 0.15) is 0 Å². The number of nitrogens with zero attached hydrogens (tertiary/aromatic N) is 4. The van der Waals surface area contributed by atoms with Crippen molar-refractivity contribution in [1.29, 1.82) is 0 Å². The monoisotopic (exact) mass is 357 g/mol. The van der Waals surface area contributed by atoms with Crippen LogP contribution in [0.3, 0.4) is 0 Å². The minimum Gasteiger partial charge on any atom is -0.358 e. The number of carbonyl (C=O) groups excluding carboxylic acids is 1. The highest BCUT2D eigenvalue weighted by molar-refractivity contribution is 7.13. The van der Waals surface area contributed by atoms with E-state index in [9.17, 15) is 9.59 Å². The predicted molar refractivity (Wildman–Crippen MR) is 100 cm³/mol. The largest absolute Gasteiger partial charge is 0.358 e. The smallest absolute Gasteiger partial charge is 0.293 e. The number of carbonyl (C=O) groups is 1. The van der Waals surface area contributed by atoms with Crippen molar-refractivity contribution in [3.05, 3.63) is 45.7 Å². The van der Waals surface area contributed by atoms with Crippen LogP contribution in [0.1, 0.15) is 12.1 Å². The van der Waals surface area contributed by atoms with Gasteiger partial charge in [0.2, 0.25) is 5.91 Å². The van der Waals surface area contributed by atoms with Crippen LogP contribution in [0.5, 0.6) is 0 Å². The second-order valence-electron chi connectivity index (χ2n) is 5.87. The summed E-state index contributed by atoms with van der Waals surface area (Å²) >= 11 is 1.38. The van der Waals surface area contributed by atoms with Crippen molar-refractivity contribution < 1.29 is 4.79 Å². The van der Waals surface area contributed by atoms with Crippen molar-refractivity contribution in [2.45, 2.75) is 19.9 Å². The minimum atomic E-state index is -0.207. The number of rotatable bonds is 5. The normalized spacial score (nSPS) is 10.8. The van der Waals surface area contributed by atoms with Gasteiger partial charge in [0.25, 0.3) is 5.56 Å². The van der Waals surface area contributed by atoms with Crippen LogP contribution in [-0.4, -0.2) is 34.5 Å². The molecule has 0 aliphatic heterocycles. The molecule has 1 N–H and O–H groups in total. The van der Waals surface area contributed by atoms with Gasteiger partial charge >= 0.3 is 0 Å². The van der Waals surface area contributed by atoms with E-state index in [0.29, 0.717) is 10.9 Å². The molecule has 0 spiro atoms. The van der Waals surface area contributed by atoms with E-state index in [0.717, 1.165) is 16.7 Å². The summed E-state index contributed by atoms with van der Waals surface area (Å²) in [5.41, 5.74) is 2.10. The van der Waals surface area contributed by atoms with Crippen LogP contribution < -0.4 is 15.8 Å². The fourth-order valence-corrected chi connectivity index (χ4v) is 3.20. The van der Waals surface area contributed by atoms with E-state index in [1.165, 1.54) is 11.3 Å². The molecule has 3 aromatic rings. The Kier molecular flexibility index (Phi) is 4.80. The Bertz CT molecular complexity index is 977. The molecule has 8 heteroatoms. The Balaban J connectivity index is 1.86. The fourth-order valence-electron chi connectivity index (χ4n) is 2.50. The molecule has 0 saturated carbocycles. The maximum Gasteiger partial charge on any atom is 0.293 e. The Hall–Kier alpha value is -2.74. The molecule has 0 unspecified atom stereocenters. The van der Waals surface area contributed by atoms with Crippen LogP contribution in [0.15, 0.2) is 34.4 Å². The van der Waals surface area contributed by atoms with E-state index in [2.05, 4.69) is 15.3 Å². The second kappa shape index (κ2) is 7.02. The van der Waals surface area contributed by atoms with Crippen molar-refractivity contribution in [3.8, 4) is 0 Å². The molecule has 2 aromatic heterocycles. The van der Waals surface area contributed by atoms with Crippen LogP contribution in [0.25, 0.3) is 11.0 Å². The van der Waals surface area contributed by atoms with Gasteiger partial charge in [0.05, 0.1) is 16.7 Å². The summed E-state index contributed by atoms with van der Waals surface area (Å²) in [6, 6.07) is 7.43. The Labute approximate surface area is 149 Å². The average Bonchev–Trinajstić information content (AvgIpc) is 2.98. The zero-order valence-corrected chi connectivity index (χ0v) is 15.1. The molecule has 130 valence electrons. The summed E-state index contributed by atoms with van der Waals surface area (Å²) in [6.45, 7) is 2.15. The molecule has 0 fully saturated rings. The lowest BCUT2D eigenvalue weighted by Crippen LogP contribution is -2.30. The SMILES string of the molecule is Cc1csc(NC(=O)CCn2c(=O)c(N(C)C)nc3ccccc32)n1. The van der Waals surface area contributed by atoms with Crippen molar-refractivity contribution in [2.24, 2.45) is 0 Å². The summed E-state index contributed by atoms with van der Waals surface area (Å²) in [5, 5.41) is 5.21. The number of hydrogen-bond donors (Lipinski definition) is 1. The summed E-state index contributed by atoms with van der Waals surface area (Å²) in [7, 11) is 3.56. The first-order valence-electron chi connectivity index (χ1n) is 7.84. The molecule has 0 saturated heterocycles. The maximum absolute atomic E-state index is 12.7. The number of aromatic nitrogens is 3. The van der Waals surface area contributed by atoms with E-state index >= 15 is 0 Å². The molecule has 1 amide bonds. The molecule has 0 aliphatic carbocycles. The van der Waals surface area contributed by atoms with Crippen LogP contribution >= 0.6 is 11.3 Å². The number of nitrogens with one attached hydrogen (secondary N) is 1. The lowest BCUT2D eigenvalue weighted by Gasteiger charge is -2.16. The topological polar surface area (TPSA) is 80.1 Å². The molecule has 0 aliphatic rings. The zero-order chi connectivity index (χ0) is 18.0. The minimum absolute atomic E-state index is 0.173. The van der Waals surface area contributed by atoms with Gasteiger partial charge in [-0.1, -0.05) is 12.1 Å². The Morgan fingerprint density at radius 2 is 2.04 bits per heavy atom. The number of benzene rings is 1.